The second kappa shape index (κ2) is 8.31. The van der Waals surface area contributed by atoms with Crippen molar-refractivity contribution in [2.24, 2.45) is 0 Å². The van der Waals surface area contributed by atoms with Gasteiger partial charge >= 0.3 is 5.97 Å². The predicted octanol–water partition coefficient (Wildman–Crippen LogP) is 2.36. The molecule has 1 aromatic carbocycles. The molecule has 32 heavy (non-hydrogen) atoms. The topological polar surface area (TPSA) is 56.2 Å². The van der Waals surface area contributed by atoms with Gasteiger partial charge in [-0.15, -0.1) is 0 Å². The fourth-order valence-electron chi connectivity index (χ4n) is 6.45. The molecule has 6 nitrogen and oxygen atoms in total. The van der Waals surface area contributed by atoms with Crippen LogP contribution in [0.1, 0.15) is 48.0 Å². The van der Waals surface area contributed by atoms with Gasteiger partial charge in [-0.2, -0.15) is 0 Å². The number of nitrogens with zero attached hydrogens (tertiary/aromatic N) is 3. The minimum absolute atomic E-state index is 0.00508. The normalized spacial score (nSPS) is 30.8. The molecule has 1 N–H and O–H groups in total. The zero-order valence-electron chi connectivity index (χ0n) is 18.7. The molecule has 0 radical (unpaired) electrons. The van der Waals surface area contributed by atoms with Crippen molar-refractivity contribution in [2.75, 3.05) is 39.8 Å². The molecule has 8 heteroatoms. The zero-order chi connectivity index (χ0) is 22.5. The molecule has 1 aliphatic carbocycles. The summed E-state index contributed by atoms with van der Waals surface area (Å²) in [4.78, 5) is 19.2. The summed E-state index contributed by atoms with van der Waals surface area (Å²) in [6.45, 7) is 4.97. The number of methoxy groups -OCH3 is 1. The highest BCUT2D eigenvalue weighted by Crippen LogP contribution is 2.43. The van der Waals surface area contributed by atoms with Gasteiger partial charge in [0.1, 0.15) is 0 Å². The molecule has 3 aliphatic heterocycles. The number of likely N-dealkylation sites (tertiary alicyclic amines) is 1. The van der Waals surface area contributed by atoms with Gasteiger partial charge < -0.3 is 9.84 Å². The van der Waals surface area contributed by atoms with E-state index in [1.54, 1.807) is 6.07 Å². The molecule has 1 saturated carbocycles. The largest absolute Gasteiger partial charge is 0.465 e. The molecular weight excluding hydrogens is 416 g/mol. The van der Waals surface area contributed by atoms with Gasteiger partial charge in [0.15, 0.2) is 0 Å². The molecule has 1 spiro atoms. The first-order valence-corrected chi connectivity index (χ1v) is 11.7. The van der Waals surface area contributed by atoms with Gasteiger partial charge in [0.2, 0.25) is 5.92 Å². The Bertz CT molecular complexity index is 851. The van der Waals surface area contributed by atoms with E-state index in [0.717, 1.165) is 44.7 Å². The summed E-state index contributed by atoms with van der Waals surface area (Å²) in [6.07, 6.45) is 1.60. The monoisotopic (exact) mass is 449 g/mol. The Kier molecular flexibility index (Phi) is 5.76. The third-order valence-electron chi connectivity index (χ3n) is 7.94. The fourth-order valence-corrected chi connectivity index (χ4v) is 6.45. The summed E-state index contributed by atoms with van der Waals surface area (Å²) in [5.41, 5.74) is 1.60. The molecule has 4 aliphatic rings. The van der Waals surface area contributed by atoms with E-state index in [2.05, 4.69) is 14.7 Å². The first-order chi connectivity index (χ1) is 15.3. The number of benzene rings is 1. The number of ether oxygens (including phenoxy) is 1. The second-order valence-corrected chi connectivity index (χ2v) is 10.3. The number of alkyl halides is 2. The maximum atomic E-state index is 13.6. The summed E-state index contributed by atoms with van der Waals surface area (Å²) in [7, 11) is 1.39. The predicted molar refractivity (Wildman–Crippen MR) is 116 cm³/mol. The lowest BCUT2D eigenvalue weighted by Crippen LogP contribution is -2.79. The first-order valence-electron chi connectivity index (χ1n) is 11.7. The number of carbonyl (C=O) groups is 1. The van der Waals surface area contributed by atoms with Gasteiger partial charge in [-0.05, 0) is 37.0 Å². The second-order valence-electron chi connectivity index (χ2n) is 10.3. The van der Waals surface area contributed by atoms with E-state index < -0.39 is 5.92 Å². The quantitative estimate of drug-likeness (QED) is 0.713. The number of esters is 1. The summed E-state index contributed by atoms with van der Waals surface area (Å²) in [5.74, 6) is -2.83. The molecular formula is C24H33F2N3O3. The number of carbonyl (C=O) groups excluding carboxylic acids is 1. The standard InChI is InChI=1S/C24H33F2N3O3/c1-32-22(31)18-4-2-3-17(9-18)11-27-12-20-10-21(30)13-29(20)23(14-27)15-28(16-23)19-5-7-24(25,26)8-6-19/h2-4,9,19-21,30H,5-8,10-16H2,1H3. The molecule has 2 atom stereocenters. The van der Waals surface area contributed by atoms with E-state index in [9.17, 15) is 18.7 Å². The van der Waals surface area contributed by atoms with Crippen LogP contribution in [0.15, 0.2) is 24.3 Å². The van der Waals surface area contributed by atoms with Crippen molar-refractivity contribution in [2.45, 2.75) is 68.3 Å². The number of hydrogen-bond donors (Lipinski definition) is 1. The lowest BCUT2D eigenvalue weighted by Gasteiger charge is -2.63. The van der Waals surface area contributed by atoms with E-state index in [-0.39, 0.29) is 36.5 Å². The molecule has 0 aromatic heterocycles. The van der Waals surface area contributed by atoms with E-state index in [0.29, 0.717) is 31.0 Å². The van der Waals surface area contributed by atoms with Crippen molar-refractivity contribution in [1.29, 1.82) is 0 Å². The summed E-state index contributed by atoms with van der Waals surface area (Å²) in [5, 5.41) is 10.4. The van der Waals surface area contributed by atoms with Gasteiger partial charge in [-0.3, -0.25) is 14.7 Å². The molecule has 0 bridgehead atoms. The average molecular weight is 450 g/mol. The maximum Gasteiger partial charge on any atom is 0.337 e. The number of aliphatic hydroxyl groups excluding tert-OH is 1. The smallest absolute Gasteiger partial charge is 0.337 e. The average Bonchev–Trinajstić information content (AvgIpc) is 3.12. The lowest BCUT2D eigenvalue weighted by atomic mass is 9.80. The molecule has 5 rings (SSSR count). The first kappa shape index (κ1) is 22.2. The van der Waals surface area contributed by atoms with Crippen LogP contribution in [0.25, 0.3) is 0 Å². The summed E-state index contributed by atoms with van der Waals surface area (Å²) in [6, 6.07) is 8.13. The number of aliphatic hydroxyl groups is 1. The highest BCUT2D eigenvalue weighted by Gasteiger charge is 2.57. The number of rotatable bonds is 4. The Balaban J connectivity index is 1.28. The van der Waals surface area contributed by atoms with E-state index in [1.165, 1.54) is 7.11 Å². The van der Waals surface area contributed by atoms with Crippen LogP contribution >= 0.6 is 0 Å². The van der Waals surface area contributed by atoms with Crippen LogP contribution in [-0.4, -0.2) is 95.3 Å². The highest BCUT2D eigenvalue weighted by atomic mass is 19.3. The highest BCUT2D eigenvalue weighted by molar-refractivity contribution is 5.89. The van der Waals surface area contributed by atoms with Crippen LogP contribution in [0, 0.1) is 0 Å². The Morgan fingerprint density at radius 1 is 1.16 bits per heavy atom. The van der Waals surface area contributed by atoms with Crippen LogP contribution in [-0.2, 0) is 11.3 Å². The molecule has 2 unspecified atom stereocenters. The van der Waals surface area contributed by atoms with Crippen molar-refractivity contribution < 1.29 is 23.4 Å². The van der Waals surface area contributed by atoms with Crippen molar-refractivity contribution in [1.82, 2.24) is 14.7 Å². The SMILES string of the molecule is COC(=O)c1cccc(CN2CC3CC(O)CN3C3(C2)CN(C2CCC(F)(F)CC2)C3)c1. The third kappa shape index (κ3) is 4.18. The summed E-state index contributed by atoms with van der Waals surface area (Å²) < 4.78 is 32.1. The maximum absolute atomic E-state index is 13.6. The molecule has 176 valence electrons. The number of fused-ring (bicyclic) bond motifs is 2. The minimum atomic E-state index is -2.50. The van der Waals surface area contributed by atoms with E-state index in [1.807, 2.05) is 18.2 Å². The van der Waals surface area contributed by atoms with Crippen molar-refractivity contribution in [3.8, 4) is 0 Å². The van der Waals surface area contributed by atoms with Gasteiger partial charge in [-0.1, -0.05) is 12.1 Å². The van der Waals surface area contributed by atoms with E-state index in [4.69, 9.17) is 4.74 Å². The number of piperazine rings is 1. The summed E-state index contributed by atoms with van der Waals surface area (Å²) >= 11 is 0. The van der Waals surface area contributed by atoms with Crippen molar-refractivity contribution >= 4 is 5.97 Å². The Hall–Kier alpha value is -1.61. The van der Waals surface area contributed by atoms with Gasteiger partial charge in [0, 0.05) is 64.2 Å². The molecule has 4 fully saturated rings. The Labute approximate surface area is 188 Å². The zero-order valence-corrected chi connectivity index (χ0v) is 18.7. The van der Waals surface area contributed by atoms with Crippen LogP contribution in [0.4, 0.5) is 8.78 Å². The Morgan fingerprint density at radius 3 is 2.62 bits per heavy atom. The van der Waals surface area contributed by atoms with Crippen LogP contribution in [0.2, 0.25) is 0 Å². The van der Waals surface area contributed by atoms with Crippen LogP contribution in [0.5, 0.6) is 0 Å². The third-order valence-corrected chi connectivity index (χ3v) is 7.94. The van der Waals surface area contributed by atoms with Crippen LogP contribution in [0.3, 0.4) is 0 Å². The molecule has 0 amide bonds. The van der Waals surface area contributed by atoms with Crippen molar-refractivity contribution in [3.05, 3.63) is 35.4 Å². The van der Waals surface area contributed by atoms with Gasteiger partial charge in [0.25, 0.3) is 0 Å². The van der Waals surface area contributed by atoms with Gasteiger partial charge in [-0.25, -0.2) is 13.6 Å². The van der Waals surface area contributed by atoms with Crippen LogP contribution < -0.4 is 0 Å². The number of β-amino-alcohol motifs (C(OH)–C–C–N with tert-alkyl or cyclic N) is 1. The molecule has 3 saturated heterocycles. The number of halogens is 2. The molecule has 3 heterocycles. The van der Waals surface area contributed by atoms with Crippen molar-refractivity contribution in [3.63, 3.8) is 0 Å². The number of hydrogen-bond acceptors (Lipinski definition) is 6. The lowest BCUT2D eigenvalue weighted by molar-refractivity contribution is -0.142. The minimum Gasteiger partial charge on any atom is -0.465 e. The van der Waals surface area contributed by atoms with Gasteiger partial charge in [0.05, 0.1) is 24.3 Å². The Morgan fingerprint density at radius 2 is 1.91 bits per heavy atom. The molecule has 1 aromatic rings. The van der Waals surface area contributed by atoms with E-state index >= 15 is 0 Å². The fraction of sp³-hybridized carbons (Fsp3) is 0.708.